The third-order valence-electron chi connectivity index (χ3n) is 4.22. The number of hydrogen-bond donors (Lipinski definition) is 1. The van der Waals surface area contributed by atoms with Crippen LogP contribution in [0.15, 0.2) is 0 Å². The van der Waals surface area contributed by atoms with Crippen LogP contribution in [0.1, 0.15) is 26.2 Å². The highest BCUT2D eigenvalue weighted by Crippen LogP contribution is 2.42. The summed E-state index contributed by atoms with van der Waals surface area (Å²) in [6.07, 6.45) is 4.24. The summed E-state index contributed by atoms with van der Waals surface area (Å²) in [4.78, 5) is 5.20. The van der Waals surface area contributed by atoms with Crippen molar-refractivity contribution in [3.05, 3.63) is 0 Å². The molecule has 2 nitrogen and oxygen atoms in total. The highest BCUT2D eigenvalue weighted by molar-refractivity contribution is 7.80. The molecule has 1 aliphatic carbocycles. The summed E-state index contributed by atoms with van der Waals surface area (Å²) >= 11 is 4.53. The van der Waals surface area contributed by atoms with Crippen LogP contribution in [0, 0.1) is 5.41 Å². The molecule has 2 aliphatic rings. The normalized spacial score (nSPS) is 27.6. The molecule has 1 heterocycles. The summed E-state index contributed by atoms with van der Waals surface area (Å²) in [5.41, 5.74) is 0.581. The van der Waals surface area contributed by atoms with E-state index in [1.807, 2.05) is 0 Å². The summed E-state index contributed by atoms with van der Waals surface area (Å²) in [5, 5.41) is 0. The fourth-order valence-electron chi connectivity index (χ4n) is 2.78. The molecule has 2 rings (SSSR count). The van der Waals surface area contributed by atoms with Crippen LogP contribution >= 0.6 is 12.6 Å². The predicted octanol–water partition coefficient (Wildman–Crippen LogP) is 1.72. The molecule has 0 bridgehead atoms. The van der Waals surface area contributed by atoms with Gasteiger partial charge in [-0.25, -0.2) is 0 Å². The largest absolute Gasteiger partial charge is 0.301 e. The lowest BCUT2D eigenvalue weighted by Gasteiger charge is -2.46. The van der Waals surface area contributed by atoms with Crippen LogP contribution in [-0.4, -0.2) is 54.8 Å². The van der Waals surface area contributed by atoms with Gasteiger partial charge in [0.2, 0.25) is 0 Å². The summed E-state index contributed by atoms with van der Waals surface area (Å²) in [6.45, 7) is 9.83. The minimum atomic E-state index is 0.581. The predicted molar refractivity (Wildman–Crippen MR) is 68.7 cm³/mol. The number of nitrogens with zero attached hydrogens (tertiary/aromatic N) is 2. The lowest BCUT2D eigenvalue weighted by Crippen LogP contribution is -2.51. The number of piperazine rings is 1. The monoisotopic (exact) mass is 228 g/mol. The summed E-state index contributed by atoms with van der Waals surface area (Å²) in [7, 11) is 0. The second-order valence-corrected chi connectivity index (χ2v) is 5.54. The number of hydrogen-bond acceptors (Lipinski definition) is 3. The van der Waals surface area contributed by atoms with E-state index in [1.165, 1.54) is 58.5 Å². The quantitative estimate of drug-likeness (QED) is 0.732. The molecule has 1 aliphatic heterocycles. The molecule has 0 N–H and O–H groups in total. The van der Waals surface area contributed by atoms with E-state index in [4.69, 9.17) is 0 Å². The maximum Gasteiger partial charge on any atom is 0.0110 e. The first-order chi connectivity index (χ1) is 7.28. The second kappa shape index (κ2) is 5.07. The Morgan fingerprint density at radius 1 is 1.07 bits per heavy atom. The third kappa shape index (κ3) is 2.69. The van der Waals surface area contributed by atoms with Gasteiger partial charge >= 0.3 is 0 Å². The number of rotatable bonds is 4. The van der Waals surface area contributed by atoms with Gasteiger partial charge in [0.25, 0.3) is 0 Å². The molecule has 0 aromatic heterocycles. The van der Waals surface area contributed by atoms with Crippen molar-refractivity contribution in [2.75, 3.05) is 45.0 Å². The van der Waals surface area contributed by atoms with Crippen molar-refractivity contribution in [2.24, 2.45) is 5.41 Å². The molecule has 2 fully saturated rings. The summed E-state index contributed by atoms with van der Waals surface area (Å²) < 4.78 is 0. The minimum absolute atomic E-state index is 0.581. The molecule has 0 radical (unpaired) electrons. The van der Waals surface area contributed by atoms with Crippen LogP contribution in [0.3, 0.4) is 0 Å². The molecular formula is C12H24N2S. The smallest absolute Gasteiger partial charge is 0.0110 e. The van der Waals surface area contributed by atoms with Gasteiger partial charge in [0.1, 0.15) is 0 Å². The van der Waals surface area contributed by atoms with Crippen molar-refractivity contribution in [1.29, 1.82) is 0 Å². The van der Waals surface area contributed by atoms with Crippen LogP contribution in [0.5, 0.6) is 0 Å². The van der Waals surface area contributed by atoms with E-state index in [0.29, 0.717) is 5.41 Å². The lowest BCUT2D eigenvalue weighted by atomic mass is 9.70. The molecule has 88 valence electrons. The lowest BCUT2D eigenvalue weighted by molar-refractivity contribution is 0.0554. The van der Waals surface area contributed by atoms with Gasteiger partial charge in [-0.15, -0.1) is 0 Å². The fraction of sp³-hybridized carbons (Fsp3) is 1.00. The fourth-order valence-corrected chi connectivity index (χ4v) is 3.20. The maximum absolute atomic E-state index is 4.53. The molecule has 0 spiro atoms. The van der Waals surface area contributed by atoms with Gasteiger partial charge < -0.3 is 9.80 Å². The van der Waals surface area contributed by atoms with Gasteiger partial charge in [-0.2, -0.15) is 12.6 Å². The Morgan fingerprint density at radius 3 is 2.07 bits per heavy atom. The SMILES string of the molecule is CCN1CCN(CC2(CS)CCC2)CC1. The third-order valence-corrected chi connectivity index (χ3v) is 4.89. The Balaban J connectivity index is 1.76. The first kappa shape index (κ1) is 11.7. The topological polar surface area (TPSA) is 6.48 Å². The highest BCUT2D eigenvalue weighted by Gasteiger charge is 2.37. The Hall–Kier alpha value is 0.270. The van der Waals surface area contributed by atoms with Crippen LogP contribution in [0.2, 0.25) is 0 Å². The van der Waals surface area contributed by atoms with Crippen LogP contribution in [0.4, 0.5) is 0 Å². The Bertz CT molecular complexity index is 190. The Kier molecular flexibility index (Phi) is 3.97. The molecule has 0 atom stereocenters. The first-order valence-corrected chi connectivity index (χ1v) is 6.97. The number of thiol groups is 1. The van der Waals surface area contributed by atoms with Crippen molar-refractivity contribution in [3.8, 4) is 0 Å². The zero-order valence-electron chi connectivity index (χ0n) is 9.91. The van der Waals surface area contributed by atoms with Crippen molar-refractivity contribution >= 4 is 12.6 Å². The average molecular weight is 228 g/mol. The van der Waals surface area contributed by atoms with Crippen LogP contribution in [0.25, 0.3) is 0 Å². The van der Waals surface area contributed by atoms with Gasteiger partial charge in [0.15, 0.2) is 0 Å². The average Bonchev–Trinajstić information content (AvgIpc) is 2.24. The molecule has 3 heteroatoms. The summed E-state index contributed by atoms with van der Waals surface area (Å²) in [5.74, 6) is 1.08. The second-order valence-electron chi connectivity index (χ2n) is 5.22. The van der Waals surface area contributed by atoms with E-state index in [0.717, 1.165) is 5.75 Å². The van der Waals surface area contributed by atoms with E-state index >= 15 is 0 Å². The summed E-state index contributed by atoms with van der Waals surface area (Å²) in [6, 6.07) is 0. The van der Waals surface area contributed by atoms with Crippen molar-refractivity contribution in [3.63, 3.8) is 0 Å². The van der Waals surface area contributed by atoms with E-state index in [2.05, 4.69) is 29.4 Å². The van der Waals surface area contributed by atoms with Crippen molar-refractivity contribution in [2.45, 2.75) is 26.2 Å². The zero-order chi connectivity index (χ0) is 10.7. The molecule has 0 aromatic carbocycles. The first-order valence-electron chi connectivity index (χ1n) is 6.33. The Labute approximate surface area is 99.4 Å². The standard InChI is InChI=1S/C12H24N2S/c1-2-13-6-8-14(9-7-13)10-12(11-15)4-3-5-12/h15H,2-11H2,1H3. The van der Waals surface area contributed by atoms with Gasteiger partial charge in [0.05, 0.1) is 0 Å². The van der Waals surface area contributed by atoms with Gasteiger partial charge in [-0.05, 0) is 30.6 Å². The highest BCUT2D eigenvalue weighted by atomic mass is 32.1. The van der Waals surface area contributed by atoms with Gasteiger partial charge in [-0.3, -0.25) is 0 Å². The van der Waals surface area contributed by atoms with Gasteiger partial charge in [-0.1, -0.05) is 13.3 Å². The molecule has 0 amide bonds. The zero-order valence-corrected chi connectivity index (χ0v) is 10.8. The van der Waals surface area contributed by atoms with Crippen molar-refractivity contribution < 1.29 is 0 Å². The molecule has 1 saturated carbocycles. The van der Waals surface area contributed by atoms with Crippen LogP contribution in [-0.2, 0) is 0 Å². The van der Waals surface area contributed by atoms with E-state index in [1.54, 1.807) is 0 Å². The molecule has 15 heavy (non-hydrogen) atoms. The molecule has 0 aromatic rings. The molecular weight excluding hydrogens is 204 g/mol. The van der Waals surface area contributed by atoms with E-state index in [-0.39, 0.29) is 0 Å². The number of likely N-dealkylation sites (N-methyl/N-ethyl adjacent to an activating group) is 1. The molecule has 1 saturated heterocycles. The van der Waals surface area contributed by atoms with Crippen molar-refractivity contribution in [1.82, 2.24) is 9.80 Å². The minimum Gasteiger partial charge on any atom is -0.301 e. The maximum atomic E-state index is 4.53. The van der Waals surface area contributed by atoms with E-state index < -0.39 is 0 Å². The molecule has 0 unspecified atom stereocenters. The van der Waals surface area contributed by atoms with Crippen LogP contribution < -0.4 is 0 Å². The van der Waals surface area contributed by atoms with E-state index in [9.17, 15) is 0 Å². The van der Waals surface area contributed by atoms with Gasteiger partial charge in [0, 0.05) is 32.7 Å². The Morgan fingerprint density at radius 2 is 1.67 bits per heavy atom.